The van der Waals surface area contributed by atoms with Crippen LogP contribution < -0.4 is 10.2 Å². The molecule has 0 bridgehead atoms. The molecule has 1 N–H and O–H groups in total. The lowest BCUT2D eigenvalue weighted by Crippen LogP contribution is -2.38. The molecule has 100 valence electrons. The summed E-state index contributed by atoms with van der Waals surface area (Å²) in [6, 6.07) is 0.508. The van der Waals surface area contributed by atoms with Gasteiger partial charge in [0.2, 0.25) is 5.95 Å². The van der Waals surface area contributed by atoms with Crippen molar-refractivity contribution < 1.29 is 0 Å². The second-order valence-electron chi connectivity index (χ2n) is 4.64. The van der Waals surface area contributed by atoms with Crippen LogP contribution in [0.1, 0.15) is 38.6 Å². The molecule has 1 saturated heterocycles. The van der Waals surface area contributed by atoms with Crippen LogP contribution in [0.5, 0.6) is 0 Å². The molecule has 1 aromatic heterocycles. The van der Waals surface area contributed by atoms with E-state index in [2.05, 4.69) is 41.2 Å². The smallest absolute Gasteiger partial charge is 0.245 e. The van der Waals surface area contributed by atoms with Gasteiger partial charge in [-0.15, -0.1) is 5.10 Å². The summed E-state index contributed by atoms with van der Waals surface area (Å²) in [5.74, 6) is 0.792. The quantitative estimate of drug-likeness (QED) is 0.849. The van der Waals surface area contributed by atoms with Gasteiger partial charge in [0, 0.05) is 19.1 Å². The number of aryl methyl sites for hydroxylation is 2. The lowest BCUT2D eigenvalue weighted by atomic mass is 10.2. The fraction of sp³-hybridized carbons (Fsp3) is 0.769. The Bertz CT molecular complexity index is 387. The van der Waals surface area contributed by atoms with Crippen LogP contribution in [0.3, 0.4) is 0 Å². The minimum Gasteiger partial charge on any atom is -0.335 e. The SMILES string of the molecule is CCc1nnc(N(CC)C2CCNC2)nc1CC. The van der Waals surface area contributed by atoms with Crippen molar-refractivity contribution in [2.24, 2.45) is 0 Å². The number of likely N-dealkylation sites (N-methyl/N-ethyl adjacent to an activating group) is 1. The fourth-order valence-corrected chi connectivity index (χ4v) is 2.52. The highest BCUT2D eigenvalue weighted by Gasteiger charge is 2.24. The van der Waals surface area contributed by atoms with Crippen molar-refractivity contribution >= 4 is 5.95 Å². The van der Waals surface area contributed by atoms with Crippen LogP contribution >= 0.6 is 0 Å². The molecule has 0 amide bonds. The number of nitrogens with zero attached hydrogens (tertiary/aromatic N) is 4. The summed E-state index contributed by atoms with van der Waals surface area (Å²) in [5.41, 5.74) is 2.12. The molecule has 0 aromatic carbocycles. The fourth-order valence-electron chi connectivity index (χ4n) is 2.52. The molecule has 2 rings (SSSR count). The van der Waals surface area contributed by atoms with Crippen molar-refractivity contribution in [1.29, 1.82) is 0 Å². The normalized spacial score (nSPS) is 19.2. The lowest BCUT2D eigenvalue weighted by molar-refractivity contribution is 0.619. The molecule has 18 heavy (non-hydrogen) atoms. The van der Waals surface area contributed by atoms with Gasteiger partial charge < -0.3 is 10.2 Å². The third-order valence-corrected chi connectivity index (χ3v) is 3.57. The Labute approximate surface area is 109 Å². The van der Waals surface area contributed by atoms with E-state index in [1.54, 1.807) is 0 Å². The molecule has 5 nitrogen and oxygen atoms in total. The molecule has 1 aliphatic rings. The van der Waals surface area contributed by atoms with Crippen LogP contribution in [-0.2, 0) is 12.8 Å². The van der Waals surface area contributed by atoms with E-state index in [0.717, 1.165) is 56.2 Å². The summed E-state index contributed by atoms with van der Waals surface area (Å²) in [4.78, 5) is 6.97. The molecule has 1 aromatic rings. The van der Waals surface area contributed by atoms with Crippen LogP contribution in [-0.4, -0.2) is 40.9 Å². The molecule has 1 aliphatic heterocycles. The molecule has 5 heteroatoms. The van der Waals surface area contributed by atoms with Gasteiger partial charge in [-0.25, -0.2) is 4.98 Å². The van der Waals surface area contributed by atoms with Gasteiger partial charge in [-0.05, 0) is 32.7 Å². The second-order valence-corrected chi connectivity index (χ2v) is 4.64. The van der Waals surface area contributed by atoms with Crippen molar-refractivity contribution in [3.05, 3.63) is 11.4 Å². The molecule has 1 atom stereocenters. The Kier molecular flexibility index (Phi) is 4.47. The van der Waals surface area contributed by atoms with E-state index in [-0.39, 0.29) is 0 Å². The number of nitrogens with one attached hydrogen (secondary N) is 1. The number of anilines is 1. The molecule has 0 spiro atoms. The van der Waals surface area contributed by atoms with Gasteiger partial charge in [0.1, 0.15) is 0 Å². The first-order chi connectivity index (χ1) is 8.80. The summed E-state index contributed by atoms with van der Waals surface area (Å²) in [6.45, 7) is 9.42. The van der Waals surface area contributed by atoms with Crippen LogP contribution in [0.25, 0.3) is 0 Å². The average Bonchev–Trinajstić information content (AvgIpc) is 2.93. The maximum atomic E-state index is 4.70. The molecule has 0 saturated carbocycles. The van der Waals surface area contributed by atoms with Gasteiger partial charge in [0.05, 0.1) is 11.4 Å². The predicted molar refractivity (Wildman–Crippen MR) is 72.9 cm³/mol. The second kappa shape index (κ2) is 6.09. The van der Waals surface area contributed by atoms with E-state index in [1.807, 2.05) is 0 Å². The lowest BCUT2D eigenvalue weighted by Gasteiger charge is -2.27. The Morgan fingerprint density at radius 2 is 1.94 bits per heavy atom. The number of rotatable bonds is 5. The zero-order valence-electron chi connectivity index (χ0n) is 11.6. The van der Waals surface area contributed by atoms with Gasteiger partial charge in [-0.2, -0.15) is 5.10 Å². The van der Waals surface area contributed by atoms with Crippen molar-refractivity contribution in [2.45, 2.75) is 46.1 Å². The van der Waals surface area contributed by atoms with Crippen LogP contribution in [0.2, 0.25) is 0 Å². The summed E-state index contributed by atoms with van der Waals surface area (Å²) in [5, 5.41) is 12.0. The summed E-state index contributed by atoms with van der Waals surface area (Å²) in [6.07, 6.45) is 2.99. The molecule has 2 heterocycles. The maximum Gasteiger partial charge on any atom is 0.245 e. The Hall–Kier alpha value is -1.23. The molecular weight excluding hydrogens is 226 g/mol. The highest BCUT2D eigenvalue weighted by Crippen LogP contribution is 2.16. The maximum absolute atomic E-state index is 4.70. The first-order valence-corrected chi connectivity index (χ1v) is 6.99. The van der Waals surface area contributed by atoms with E-state index in [4.69, 9.17) is 4.98 Å². The monoisotopic (exact) mass is 249 g/mol. The minimum atomic E-state index is 0.508. The standard InChI is InChI=1S/C13H23N5/c1-4-11-12(5-2)16-17-13(15-11)18(6-3)10-7-8-14-9-10/h10,14H,4-9H2,1-3H3. The average molecular weight is 249 g/mol. The van der Waals surface area contributed by atoms with Crippen LogP contribution in [0.15, 0.2) is 0 Å². The topological polar surface area (TPSA) is 53.9 Å². The van der Waals surface area contributed by atoms with E-state index >= 15 is 0 Å². The van der Waals surface area contributed by atoms with Crippen molar-refractivity contribution in [2.75, 3.05) is 24.5 Å². The summed E-state index contributed by atoms with van der Waals surface area (Å²) >= 11 is 0. The van der Waals surface area contributed by atoms with E-state index in [9.17, 15) is 0 Å². The third kappa shape index (κ3) is 2.61. The summed E-state index contributed by atoms with van der Waals surface area (Å²) in [7, 11) is 0. The van der Waals surface area contributed by atoms with Gasteiger partial charge in [-0.1, -0.05) is 13.8 Å². The van der Waals surface area contributed by atoms with E-state index in [0.29, 0.717) is 6.04 Å². The highest BCUT2D eigenvalue weighted by atomic mass is 15.3. The van der Waals surface area contributed by atoms with E-state index in [1.165, 1.54) is 0 Å². The Morgan fingerprint density at radius 3 is 2.50 bits per heavy atom. The number of hydrogen-bond acceptors (Lipinski definition) is 5. The Morgan fingerprint density at radius 1 is 1.17 bits per heavy atom. The third-order valence-electron chi connectivity index (χ3n) is 3.57. The molecule has 0 aliphatic carbocycles. The van der Waals surface area contributed by atoms with Crippen molar-refractivity contribution in [1.82, 2.24) is 20.5 Å². The molecule has 0 radical (unpaired) electrons. The Balaban J connectivity index is 2.24. The molecular formula is C13H23N5. The molecule has 1 unspecified atom stereocenters. The van der Waals surface area contributed by atoms with Crippen LogP contribution in [0.4, 0.5) is 5.95 Å². The van der Waals surface area contributed by atoms with E-state index < -0.39 is 0 Å². The van der Waals surface area contributed by atoms with Gasteiger partial charge in [0.15, 0.2) is 0 Å². The first kappa shape index (κ1) is 13.2. The van der Waals surface area contributed by atoms with Crippen molar-refractivity contribution in [3.63, 3.8) is 0 Å². The molecule has 1 fully saturated rings. The minimum absolute atomic E-state index is 0.508. The van der Waals surface area contributed by atoms with Crippen LogP contribution in [0, 0.1) is 0 Å². The van der Waals surface area contributed by atoms with Gasteiger partial charge in [-0.3, -0.25) is 0 Å². The number of hydrogen-bond donors (Lipinski definition) is 1. The predicted octanol–water partition coefficient (Wildman–Crippen LogP) is 1.18. The highest BCUT2D eigenvalue weighted by molar-refractivity contribution is 5.32. The van der Waals surface area contributed by atoms with Gasteiger partial charge in [0.25, 0.3) is 0 Å². The van der Waals surface area contributed by atoms with Gasteiger partial charge >= 0.3 is 0 Å². The largest absolute Gasteiger partial charge is 0.335 e. The zero-order chi connectivity index (χ0) is 13.0. The number of aromatic nitrogens is 3. The summed E-state index contributed by atoms with van der Waals surface area (Å²) < 4.78 is 0. The first-order valence-electron chi connectivity index (χ1n) is 6.99. The zero-order valence-corrected chi connectivity index (χ0v) is 11.6. The van der Waals surface area contributed by atoms with Crippen molar-refractivity contribution in [3.8, 4) is 0 Å².